The van der Waals surface area contributed by atoms with Crippen molar-refractivity contribution < 1.29 is 13.9 Å². The molecule has 6 rings (SSSR count). The van der Waals surface area contributed by atoms with Gasteiger partial charge in [0.25, 0.3) is 5.91 Å². The van der Waals surface area contributed by atoms with Gasteiger partial charge in [0, 0.05) is 24.0 Å². The number of nitrogens with zero attached hydrogens (tertiary/aromatic N) is 3. The summed E-state index contributed by atoms with van der Waals surface area (Å²) in [7, 11) is 0. The van der Waals surface area contributed by atoms with E-state index in [9.17, 15) is 9.18 Å². The highest BCUT2D eigenvalue weighted by molar-refractivity contribution is 6.00. The van der Waals surface area contributed by atoms with Crippen LogP contribution in [0.1, 0.15) is 35.2 Å². The van der Waals surface area contributed by atoms with Gasteiger partial charge in [-0.25, -0.2) is 14.4 Å². The number of carbonyl (C=O) groups is 1. The van der Waals surface area contributed by atoms with Crippen molar-refractivity contribution in [2.75, 3.05) is 6.61 Å². The Kier molecular flexibility index (Phi) is 5.14. The molecule has 1 aliphatic carbocycles. The summed E-state index contributed by atoms with van der Waals surface area (Å²) >= 11 is 0. The third kappa shape index (κ3) is 3.90. The van der Waals surface area contributed by atoms with E-state index < -0.39 is 0 Å². The van der Waals surface area contributed by atoms with Crippen molar-refractivity contribution in [2.24, 2.45) is 5.92 Å². The third-order valence-electron chi connectivity index (χ3n) is 6.31. The van der Waals surface area contributed by atoms with Crippen LogP contribution in [0.4, 0.5) is 4.39 Å². The number of ether oxygens (including phenoxy) is 1. The van der Waals surface area contributed by atoms with Crippen molar-refractivity contribution in [1.29, 1.82) is 0 Å². The highest BCUT2D eigenvalue weighted by Gasteiger charge is 2.47. The second-order valence-corrected chi connectivity index (χ2v) is 8.48. The molecule has 0 N–H and O–H groups in total. The molecule has 31 heavy (non-hydrogen) atoms. The fraction of sp³-hybridized carbons (Fsp3) is 0.320. The molecule has 3 fully saturated rings. The van der Waals surface area contributed by atoms with E-state index in [0.29, 0.717) is 29.7 Å². The summed E-state index contributed by atoms with van der Waals surface area (Å²) in [6.45, 7) is 2.38. The smallest absolute Gasteiger partial charge is 0.255 e. The first-order valence-corrected chi connectivity index (χ1v) is 10.7. The van der Waals surface area contributed by atoms with E-state index in [2.05, 4.69) is 9.97 Å². The largest absolute Gasteiger partial charge is 0.491 e. The molecule has 3 aliphatic rings. The fourth-order valence-electron chi connectivity index (χ4n) is 4.73. The number of aromatic nitrogens is 2. The van der Waals surface area contributed by atoms with E-state index in [1.807, 2.05) is 30.0 Å². The van der Waals surface area contributed by atoms with Gasteiger partial charge in [-0.05, 0) is 68.5 Å². The molecule has 2 saturated heterocycles. The Bertz CT molecular complexity index is 1080. The molecule has 2 aromatic carbocycles. The standard InChI is InChI=1S/C25H24FN3O2/c1-16-3-8-22(24-27-9-2-10-28-24)23(11-16)25(30)29-19-12-17(13-19)14-20(29)15-31-21-6-4-18(26)5-7-21/h2-11,17,19-20H,12-15H2,1H3/t17?,19?,20-/m0/s1. The first-order valence-electron chi connectivity index (χ1n) is 10.7. The molecule has 1 amide bonds. The van der Waals surface area contributed by atoms with Gasteiger partial charge in [0.15, 0.2) is 5.82 Å². The topological polar surface area (TPSA) is 55.3 Å². The molecular formula is C25H24FN3O2. The lowest BCUT2D eigenvalue weighted by Gasteiger charge is -2.53. The van der Waals surface area contributed by atoms with Crippen LogP contribution in [0.3, 0.4) is 0 Å². The van der Waals surface area contributed by atoms with Crippen LogP contribution in [0.15, 0.2) is 60.9 Å². The van der Waals surface area contributed by atoms with Gasteiger partial charge in [-0.1, -0.05) is 17.7 Å². The Morgan fingerprint density at radius 2 is 1.84 bits per heavy atom. The Balaban J connectivity index is 1.43. The molecule has 3 aromatic rings. The zero-order valence-corrected chi connectivity index (χ0v) is 17.4. The van der Waals surface area contributed by atoms with Crippen molar-refractivity contribution in [1.82, 2.24) is 14.9 Å². The second kappa shape index (κ2) is 8.10. The lowest BCUT2D eigenvalue weighted by Crippen LogP contribution is -2.60. The minimum atomic E-state index is -0.293. The molecule has 6 heteroatoms. The molecule has 2 bridgehead atoms. The summed E-state index contributed by atoms with van der Waals surface area (Å²) < 4.78 is 19.1. The number of fused-ring (bicyclic) bond motifs is 2. The summed E-state index contributed by atoms with van der Waals surface area (Å²) in [5, 5.41) is 0. The van der Waals surface area contributed by atoms with Crippen LogP contribution in [-0.2, 0) is 0 Å². The molecular weight excluding hydrogens is 393 g/mol. The molecule has 3 heterocycles. The van der Waals surface area contributed by atoms with Gasteiger partial charge in [0.05, 0.1) is 11.6 Å². The van der Waals surface area contributed by atoms with E-state index in [0.717, 1.165) is 30.4 Å². The van der Waals surface area contributed by atoms with Crippen molar-refractivity contribution in [3.63, 3.8) is 0 Å². The molecule has 1 saturated carbocycles. The van der Waals surface area contributed by atoms with E-state index in [1.165, 1.54) is 12.1 Å². The number of amides is 1. The SMILES string of the molecule is Cc1ccc(-c2ncccn2)c(C(=O)N2C3CC(C3)C[C@H]2COc2ccc(F)cc2)c1. The van der Waals surface area contributed by atoms with E-state index in [-0.39, 0.29) is 23.8 Å². The highest BCUT2D eigenvalue weighted by atomic mass is 19.1. The first-order chi connectivity index (χ1) is 15.1. The van der Waals surface area contributed by atoms with Gasteiger partial charge in [0.1, 0.15) is 18.2 Å². The zero-order chi connectivity index (χ0) is 21.4. The summed E-state index contributed by atoms with van der Waals surface area (Å²) in [4.78, 5) is 24.5. The Hall–Kier alpha value is -3.28. The van der Waals surface area contributed by atoms with Crippen molar-refractivity contribution in [3.8, 4) is 17.1 Å². The predicted octanol–water partition coefficient (Wildman–Crippen LogP) is 4.66. The average Bonchev–Trinajstić information content (AvgIpc) is 2.78. The third-order valence-corrected chi connectivity index (χ3v) is 6.31. The quantitative estimate of drug-likeness (QED) is 0.606. The molecule has 1 aromatic heterocycles. The minimum absolute atomic E-state index is 0.00186. The minimum Gasteiger partial charge on any atom is -0.491 e. The lowest BCUT2D eigenvalue weighted by atomic mass is 9.70. The Morgan fingerprint density at radius 3 is 2.58 bits per heavy atom. The van der Waals surface area contributed by atoms with Gasteiger partial charge >= 0.3 is 0 Å². The molecule has 0 spiro atoms. The average molecular weight is 417 g/mol. The molecule has 5 nitrogen and oxygen atoms in total. The van der Waals surface area contributed by atoms with Crippen LogP contribution >= 0.6 is 0 Å². The van der Waals surface area contributed by atoms with Gasteiger partial charge in [-0.3, -0.25) is 4.79 Å². The number of aryl methyl sites for hydroxylation is 1. The van der Waals surface area contributed by atoms with Crippen molar-refractivity contribution in [3.05, 3.63) is 77.9 Å². The first kappa shape index (κ1) is 19.7. The van der Waals surface area contributed by atoms with Gasteiger partial charge < -0.3 is 9.64 Å². The predicted molar refractivity (Wildman–Crippen MR) is 115 cm³/mol. The van der Waals surface area contributed by atoms with Gasteiger partial charge in [-0.2, -0.15) is 0 Å². The van der Waals surface area contributed by atoms with Crippen molar-refractivity contribution >= 4 is 5.91 Å². The number of carbonyl (C=O) groups excluding carboxylic acids is 1. The number of hydrogen-bond donors (Lipinski definition) is 0. The Morgan fingerprint density at radius 1 is 1.10 bits per heavy atom. The summed E-state index contributed by atoms with van der Waals surface area (Å²) in [6, 6.07) is 13.8. The summed E-state index contributed by atoms with van der Waals surface area (Å²) in [5.41, 5.74) is 2.39. The zero-order valence-electron chi connectivity index (χ0n) is 17.4. The van der Waals surface area contributed by atoms with E-state index >= 15 is 0 Å². The molecule has 0 unspecified atom stereocenters. The normalized spacial score (nSPS) is 22.0. The van der Waals surface area contributed by atoms with E-state index in [1.54, 1.807) is 30.6 Å². The monoisotopic (exact) mass is 417 g/mol. The summed E-state index contributed by atoms with van der Waals surface area (Å²) in [6.07, 6.45) is 6.39. The van der Waals surface area contributed by atoms with Crippen LogP contribution in [0.25, 0.3) is 11.4 Å². The van der Waals surface area contributed by atoms with Crippen LogP contribution in [0.2, 0.25) is 0 Å². The highest BCUT2D eigenvalue weighted by Crippen LogP contribution is 2.44. The molecule has 2 aliphatic heterocycles. The Labute approximate surface area is 180 Å². The van der Waals surface area contributed by atoms with Crippen LogP contribution in [-0.4, -0.2) is 39.5 Å². The number of halogens is 1. The maximum Gasteiger partial charge on any atom is 0.255 e. The summed E-state index contributed by atoms with van der Waals surface area (Å²) in [5.74, 6) is 1.51. The van der Waals surface area contributed by atoms with Gasteiger partial charge in [-0.15, -0.1) is 0 Å². The second-order valence-electron chi connectivity index (χ2n) is 8.48. The number of hydrogen-bond acceptors (Lipinski definition) is 4. The molecule has 158 valence electrons. The molecule has 0 radical (unpaired) electrons. The van der Waals surface area contributed by atoms with Gasteiger partial charge in [0.2, 0.25) is 0 Å². The number of rotatable bonds is 5. The molecule has 1 atom stereocenters. The number of piperidine rings is 2. The van der Waals surface area contributed by atoms with E-state index in [4.69, 9.17) is 4.74 Å². The van der Waals surface area contributed by atoms with Crippen molar-refractivity contribution in [2.45, 2.75) is 38.3 Å². The lowest BCUT2D eigenvalue weighted by molar-refractivity contribution is -0.0306. The maximum atomic E-state index is 13.8. The van der Waals surface area contributed by atoms with Crippen LogP contribution in [0, 0.1) is 18.7 Å². The van der Waals surface area contributed by atoms with Crippen LogP contribution in [0.5, 0.6) is 5.75 Å². The maximum absolute atomic E-state index is 13.8. The van der Waals surface area contributed by atoms with Crippen LogP contribution < -0.4 is 4.74 Å². The number of benzene rings is 2. The fourth-order valence-corrected chi connectivity index (χ4v) is 4.73.